The zero-order valence-corrected chi connectivity index (χ0v) is 19.8. The SMILES string of the molecule is O=c1c2sc(-c3ccc(Cl)cc3)cc2ncn1-c1ccc2c(c1)OCC(CN1CCOCC1)O2. The topological polar surface area (TPSA) is 65.8 Å². The molecule has 0 saturated carbocycles. The van der Waals surface area contributed by atoms with Crippen LogP contribution in [0.5, 0.6) is 11.5 Å². The summed E-state index contributed by atoms with van der Waals surface area (Å²) in [5, 5.41) is 0.677. The van der Waals surface area contributed by atoms with Crippen molar-refractivity contribution >= 4 is 33.2 Å². The van der Waals surface area contributed by atoms with Crippen molar-refractivity contribution in [1.29, 1.82) is 0 Å². The summed E-state index contributed by atoms with van der Waals surface area (Å²) < 4.78 is 19.7. The zero-order valence-electron chi connectivity index (χ0n) is 18.3. The number of halogens is 1. The van der Waals surface area contributed by atoms with Gasteiger partial charge in [0.05, 0.1) is 24.4 Å². The third-order valence-electron chi connectivity index (χ3n) is 6.06. The second kappa shape index (κ2) is 9.03. The maximum absolute atomic E-state index is 13.3. The maximum Gasteiger partial charge on any atom is 0.275 e. The van der Waals surface area contributed by atoms with Crippen LogP contribution < -0.4 is 15.0 Å². The molecule has 2 aromatic carbocycles. The molecule has 4 aromatic rings. The minimum atomic E-state index is -0.114. The van der Waals surface area contributed by atoms with E-state index in [4.69, 9.17) is 25.8 Å². The molecule has 6 rings (SSSR count). The van der Waals surface area contributed by atoms with Gasteiger partial charge in [0.2, 0.25) is 0 Å². The first-order valence-corrected chi connectivity index (χ1v) is 12.3. The van der Waals surface area contributed by atoms with Crippen LogP contribution in [0.1, 0.15) is 0 Å². The number of hydrogen-bond donors (Lipinski definition) is 0. The lowest BCUT2D eigenvalue weighted by molar-refractivity contribution is 0.00314. The Morgan fingerprint density at radius 1 is 1.06 bits per heavy atom. The number of benzene rings is 2. The average molecular weight is 496 g/mol. The van der Waals surface area contributed by atoms with Crippen LogP contribution in [-0.2, 0) is 4.74 Å². The normalized spacial score (nSPS) is 18.3. The number of rotatable bonds is 4. The molecule has 0 aliphatic carbocycles. The molecule has 2 aliphatic heterocycles. The van der Waals surface area contributed by atoms with Gasteiger partial charge in [0.15, 0.2) is 11.5 Å². The van der Waals surface area contributed by atoms with Gasteiger partial charge in [0.25, 0.3) is 5.56 Å². The van der Waals surface area contributed by atoms with Gasteiger partial charge in [0.1, 0.15) is 23.7 Å². The predicted octanol–water partition coefficient (Wildman–Crippen LogP) is 4.24. The third-order valence-corrected chi connectivity index (χ3v) is 7.47. The minimum Gasteiger partial charge on any atom is -0.486 e. The molecular formula is C25H22ClN3O4S. The molecule has 1 saturated heterocycles. The lowest BCUT2D eigenvalue weighted by Gasteiger charge is -2.33. The molecule has 1 atom stereocenters. The Bertz CT molecular complexity index is 1400. The predicted molar refractivity (Wildman–Crippen MR) is 133 cm³/mol. The fourth-order valence-corrected chi connectivity index (χ4v) is 5.44. The van der Waals surface area contributed by atoms with Crippen molar-refractivity contribution in [2.24, 2.45) is 0 Å². The van der Waals surface area contributed by atoms with E-state index in [0.29, 0.717) is 39.0 Å². The van der Waals surface area contributed by atoms with Crippen molar-refractivity contribution in [1.82, 2.24) is 14.5 Å². The van der Waals surface area contributed by atoms with Gasteiger partial charge >= 0.3 is 0 Å². The van der Waals surface area contributed by atoms with E-state index in [1.165, 1.54) is 11.3 Å². The zero-order chi connectivity index (χ0) is 23.1. The Morgan fingerprint density at radius 2 is 1.88 bits per heavy atom. The first-order chi connectivity index (χ1) is 16.6. The van der Waals surface area contributed by atoms with E-state index in [1.54, 1.807) is 10.9 Å². The number of hydrogen-bond acceptors (Lipinski definition) is 7. The summed E-state index contributed by atoms with van der Waals surface area (Å²) in [7, 11) is 0. The van der Waals surface area contributed by atoms with E-state index < -0.39 is 0 Å². The summed E-state index contributed by atoms with van der Waals surface area (Å²) in [4.78, 5) is 21.1. The number of morpholine rings is 1. The van der Waals surface area contributed by atoms with E-state index >= 15 is 0 Å². The van der Waals surface area contributed by atoms with Crippen molar-refractivity contribution in [3.8, 4) is 27.6 Å². The highest BCUT2D eigenvalue weighted by Crippen LogP contribution is 2.35. The van der Waals surface area contributed by atoms with Gasteiger partial charge < -0.3 is 14.2 Å². The molecule has 34 heavy (non-hydrogen) atoms. The summed E-state index contributed by atoms with van der Waals surface area (Å²) in [6, 6.07) is 15.1. The van der Waals surface area contributed by atoms with Gasteiger partial charge in [-0.25, -0.2) is 4.98 Å². The highest BCUT2D eigenvalue weighted by Gasteiger charge is 2.25. The number of thiophene rings is 1. The van der Waals surface area contributed by atoms with E-state index in [-0.39, 0.29) is 11.7 Å². The Morgan fingerprint density at radius 3 is 2.71 bits per heavy atom. The molecule has 1 unspecified atom stereocenters. The van der Waals surface area contributed by atoms with Crippen LogP contribution in [0.15, 0.2) is 59.7 Å². The molecule has 0 amide bonds. The second-order valence-corrected chi connectivity index (χ2v) is 9.84. The largest absolute Gasteiger partial charge is 0.486 e. The fraction of sp³-hybridized carbons (Fsp3) is 0.280. The summed E-state index contributed by atoms with van der Waals surface area (Å²) in [6.07, 6.45) is 1.53. The Balaban J connectivity index is 1.26. The summed E-state index contributed by atoms with van der Waals surface area (Å²) in [5.41, 5.74) is 2.26. The number of ether oxygens (including phenoxy) is 3. The molecule has 0 radical (unpaired) electrons. The number of aromatic nitrogens is 2. The third kappa shape index (κ3) is 4.18. The highest BCUT2D eigenvalue weighted by molar-refractivity contribution is 7.22. The Labute approximate surface area is 205 Å². The van der Waals surface area contributed by atoms with E-state index in [9.17, 15) is 4.79 Å². The van der Waals surface area contributed by atoms with E-state index in [0.717, 1.165) is 43.3 Å². The molecule has 1 fully saturated rings. The lowest BCUT2D eigenvalue weighted by Crippen LogP contribution is -2.45. The fourth-order valence-electron chi connectivity index (χ4n) is 4.27. The van der Waals surface area contributed by atoms with Crippen molar-refractivity contribution in [3.63, 3.8) is 0 Å². The Kier molecular flexibility index (Phi) is 5.74. The first-order valence-electron chi connectivity index (χ1n) is 11.2. The summed E-state index contributed by atoms with van der Waals surface area (Å²) in [6.45, 7) is 4.60. The average Bonchev–Trinajstić information content (AvgIpc) is 3.30. The molecule has 2 aliphatic rings. The number of fused-ring (bicyclic) bond motifs is 2. The molecule has 0 spiro atoms. The van der Waals surface area contributed by atoms with Gasteiger partial charge in [-0.1, -0.05) is 23.7 Å². The van der Waals surface area contributed by atoms with Crippen LogP contribution >= 0.6 is 22.9 Å². The second-order valence-electron chi connectivity index (χ2n) is 8.35. The van der Waals surface area contributed by atoms with Gasteiger partial charge in [-0.05, 0) is 35.9 Å². The van der Waals surface area contributed by atoms with Crippen LogP contribution in [0, 0.1) is 0 Å². The van der Waals surface area contributed by atoms with Crippen molar-refractivity contribution in [3.05, 3.63) is 70.2 Å². The monoisotopic (exact) mass is 495 g/mol. The standard InChI is InChI=1S/C25H22ClN3O4S/c26-17-3-1-16(2-4-17)23-12-20-24(34-23)25(30)29(15-27-20)18-5-6-21-22(11-18)32-14-19(33-21)13-28-7-9-31-10-8-28/h1-6,11-12,15,19H,7-10,13-14H2. The first kappa shape index (κ1) is 21.6. The van der Waals surface area contributed by atoms with E-state index in [2.05, 4.69) is 9.88 Å². The van der Waals surface area contributed by atoms with Crippen molar-refractivity contribution < 1.29 is 14.2 Å². The quantitative estimate of drug-likeness (QED) is 0.422. The van der Waals surface area contributed by atoms with Crippen LogP contribution in [0.25, 0.3) is 26.3 Å². The van der Waals surface area contributed by atoms with E-state index in [1.807, 2.05) is 48.5 Å². The smallest absolute Gasteiger partial charge is 0.275 e. The molecule has 2 aromatic heterocycles. The molecular weight excluding hydrogens is 474 g/mol. The highest BCUT2D eigenvalue weighted by atomic mass is 35.5. The molecule has 9 heteroatoms. The van der Waals surface area contributed by atoms with Crippen molar-refractivity contribution in [2.45, 2.75) is 6.10 Å². The van der Waals surface area contributed by atoms with Gasteiger partial charge in [-0.15, -0.1) is 11.3 Å². The maximum atomic E-state index is 13.3. The summed E-state index contributed by atoms with van der Waals surface area (Å²) >= 11 is 7.43. The van der Waals surface area contributed by atoms with Gasteiger partial charge in [0, 0.05) is 35.6 Å². The molecule has 7 nitrogen and oxygen atoms in total. The minimum absolute atomic E-state index is 0.0328. The molecule has 0 bridgehead atoms. The lowest BCUT2D eigenvalue weighted by atomic mass is 10.2. The molecule has 4 heterocycles. The van der Waals surface area contributed by atoms with Crippen LogP contribution in [0.2, 0.25) is 5.02 Å². The van der Waals surface area contributed by atoms with Gasteiger partial charge in [-0.2, -0.15) is 0 Å². The van der Waals surface area contributed by atoms with Crippen LogP contribution in [0.4, 0.5) is 0 Å². The van der Waals surface area contributed by atoms with Crippen molar-refractivity contribution in [2.75, 3.05) is 39.5 Å². The molecule has 0 N–H and O–H groups in total. The van der Waals surface area contributed by atoms with Crippen LogP contribution in [-0.4, -0.2) is 60.0 Å². The molecule has 174 valence electrons. The van der Waals surface area contributed by atoms with Gasteiger partial charge in [-0.3, -0.25) is 14.3 Å². The Hall–Kier alpha value is -2.91. The van der Waals surface area contributed by atoms with Crippen LogP contribution in [0.3, 0.4) is 0 Å². The number of nitrogens with zero attached hydrogens (tertiary/aromatic N) is 3. The summed E-state index contributed by atoms with van der Waals surface area (Å²) in [5.74, 6) is 1.33.